The summed E-state index contributed by atoms with van der Waals surface area (Å²) in [5.41, 5.74) is 6.71. The van der Waals surface area contributed by atoms with Crippen LogP contribution in [0.4, 0.5) is 19.0 Å². The lowest BCUT2D eigenvalue weighted by molar-refractivity contribution is -0.127. The van der Waals surface area contributed by atoms with E-state index in [0.29, 0.717) is 17.7 Å². The Morgan fingerprint density at radius 1 is 1.40 bits per heavy atom. The highest BCUT2D eigenvalue weighted by molar-refractivity contribution is 5.41. The molecule has 0 fully saturated rings. The van der Waals surface area contributed by atoms with E-state index in [2.05, 4.69) is 4.98 Å². The first kappa shape index (κ1) is 11.8. The lowest BCUT2D eigenvalue weighted by Gasteiger charge is -2.13. The molecule has 0 aliphatic heterocycles. The molecule has 0 aliphatic rings. The van der Waals surface area contributed by atoms with Gasteiger partial charge in [0.25, 0.3) is 0 Å². The first-order valence-corrected chi connectivity index (χ1v) is 4.65. The molecule has 1 aromatic heterocycles. The Balaban J connectivity index is 3.15. The minimum Gasteiger partial charge on any atom is -0.384 e. The van der Waals surface area contributed by atoms with Gasteiger partial charge in [0.2, 0.25) is 0 Å². The fourth-order valence-electron chi connectivity index (χ4n) is 1.55. The fraction of sp³-hybridized carbons (Fsp3) is 0.500. The molecule has 0 saturated heterocycles. The summed E-state index contributed by atoms with van der Waals surface area (Å²) in [6.45, 7) is 3.35. The molecule has 0 atom stereocenters. The first-order valence-electron chi connectivity index (χ1n) is 4.65. The predicted molar refractivity (Wildman–Crippen MR) is 52.5 cm³/mol. The Bertz CT molecular complexity index is 358. The number of nitrogen functional groups attached to an aromatic ring is 1. The third-order valence-electron chi connectivity index (χ3n) is 2.20. The summed E-state index contributed by atoms with van der Waals surface area (Å²) in [5.74, 6) is 0.273. The maximum absolute atomic E-state index is 12.3. The number of nitrogens with zero attached hydrogens (tertiary/aromatic N) is 1. The minimum atomic E-state index is -4.20. The molecular weight excluding hydrogens is 205 g/mol. The van der Waals surface area contributed by atoms with Crippen molar-refractivity contribution in [2.75, 3.05) is 5.73 Å². The van der Waals surface area contributed by atoms with E-state index >= 15 is 0 Å². The summed E-state index contributed by atoms with van der Waals surface area (Å²) in [6.07, 6.45) is -4.61. The van der Waals surface area contributed by atoms with Crippen molar-refractivity contribution in [2.24, 2.45) is 0 Å². The van der Waals surface area contributed by atoms with E-state index in [1.165, 1.54) is 6.07 Å². The summed E-state index contributed by atoms with van der Waals surface area (Å²) < 4.78 is 36.8. The molecule has 1 rings (SSSR count). The Labute approximate surface area is 86.3 Å². The molecule has 0 aliphatic carbocycles. The van der Waals surface area contributed by atoms with Gasteiger partial charge in [0.15, 0.2) is 0 Å². The van der Waals surface area contributed by atoms with Gasteiger partial charge in [-0.05, 0) is 30.5 Å². The summed E-state index contributed by atoms with van der Waals surface area (Å²) in [4.78, 5) is 3.84. The number of alkyl halides is 3. The summed E-state index contributed by atoms with van der Waals surface area (Å²) >= 11 is 0. The molecule has 2 N–H and O–H groups in total. The van der Waals surface area contributed by atoms with Gasteiger partial charge < -0.3 is 5.73 Å². The molecule has 15 heavy (non-hydrogen) atoms. The smallest absolute Gasteiger partial charge is 0.384 e. The van der Waals surface area contributed by atoms with Gasteiger partial charge >= 0.3 is 6.18 Å². The maximum atomic E-state index is 12.3. The second-order valence-corrected chi connectivity index (χ2v) is 3.42. The first-order chi connectivity index (χ1) is 6.83. The molecule has 0 spiro atoms. The topological polar surface area (TPSA) is 38.9 Å². The molecule has 0 aromatic carbocycles. The average molecular weight is 218 g/mol. The third-order valence-corrected chi connectivity index (χ3v) is 2.20. The van der Waals surface area contributed by atoms with Crippen molar-refractivity contribution in [3.63, 3.8) is 0 Å². The second kappa shape index (κ2) is 4.08. The third kappa shape index (κ3) is 3.11. The van der Waals surface area contributed by atoms with Crippen LogP contribution >= 0.6 is 0 Å². The second-order valence-electron chi connectivity index (χ2n) is 3.42. The molecule has 1 aromatic rings. The van der Waals surface area contributed by atoms with Crippen LogP contribution in [0.25, 0.3) is 0 Å². The lowest BCUT2D eigenvalue weighted by Crippen LogP contribution is -2.15. The number of aromatic nitrogens is 1. The molecule has 0 unspecified atom stereocenters. The van der Waals surface area contributed by atoms with Gasteiger partial charge in [-0.2, -0.15) is 13.2 Å². The lowest BCUT2D eigenvalue weighted by atomic mass is 10.0. The predicted octanol–water partition coefficient (Wildman–Crippen LogP) is 2.64. The molecule has 1 heterocycles. The summed E-state index contributed by atoms with van der Waals surface area (Å²) in [5, 5.41) is 0. The fourth-order valence-corrected chi connectivity index (χ4v) is 1.55. The highest BCUT2D eigenvalue weighted by atomic mass is 19.4. The number of hydrogen-bond acceptors (Lipinski definition) is 2. The van der Waals surface area contributed by atoms with E-state index in [-0.39, 0.29) is 11.4 Å². The van der Waals surface area contributed by atoms with Crippen LogP contribution in [0, 0.1) is 6.92 Å². The monoisotopic (exact) mass is 218 g/mol. The van der Waals surface area contributed by atoms with Crippen LogP contribution in [0.5, 0.6) is 0 Å². The molecule has 5 heteroatoms. The maximum Gasteiger partial charge on any atom is 0.393 e. The molecule has 0 bridgehead atoms. The molecule has 0 radical (unpaired) electrons. The average Bonchev–Trinajstić information content (AvgIpc) is 2.07. The van der Waals surface area contributed by atoms with E-state index in [0.717, 1.165) is 0 Å². The summed E-state index contributed by atoms with van der Waals surface area (Å²) in [6, 6.07) is 1.51. The van der Waals surface area contributed by atoms with Crippen LogP contribution < -0.4 is 5.73 Å². The van der Waals surface area contributed by atoms with E-state index in [9.17, 15) is 13.2 Å². The van der Waals surface area contributed by atoms with Crippen molar-refractivity contribution in [3.8, 4) is 0 Å². The van der Waals surface area contributed by atoms with Gasteiger partial charge in [0.05, 0.1) is 6.42 Å². The standard InChI is InChI=1S/C10H13F3N2/c1-3-7-4-9(14)15-6(2)8(7)5-10(11,12)13/h4H,3,5H2,1-2H3,(H2,14,15). The van der Waals surface area contributed by atoms with Crippen LogP contribution in [0.15, 0.2) is 6.07 Å². The largest absolute Gasteiger partial charge is 0.393 e. The number of halogens is 3. The number of nitrogens with two attached hydrogens (primary N) is 1. The van der Waals surface area contributed by atoms with Gasteiger partial charge in [-0.3, -0.25) is 0 Å². The highest BCUT2D eigenvalue weighted by Crippen LogP contribution is 2.26. The SMILES string of the molecule is CCc1cc(N)nc(C)c1CC(F)(F)F. The zero-order chi connectivity index (χ0) is 11.6. The van der Waals surface area contributed by atoms with E-state index in [1.807, 2.05) is 0 Å². The zero-order valence-corrected chi connectivity index (χ0v) is 8.65. The molecular formula is C10H13F3N2. The van der Waals surface area contributed by atoms with Gasteiger partial charge in [0, 0.05) is 5.69 Å². The Kier molecular flexibility index (Phi) is 3.21. The molecule has 0 amide bonds. The quantitative estimate of drug-likeness (QED) is 0.828. The number of anilines is 1. The molecule has 0 saturated carbocycles. The van der Waals surface area contributed by atoms with Crippen LogP contribution in [0.3, 0.4) is 0 Å². The van der Waals surface area contributed by atoms with Crippen molar-refractivity contribution in [1.29, 1.82) is 0 Å². The van der Waals surface area contributed by atoms with E-state index in [4.69, 9.17) is 5.73 Å². The number of rotatable bonds is 2. The Morgan fingerprint density at radius 3 is 2.47 bits per heavy atom. The Hall–Kier alpha value is -1.26. The van der Waals surface area contributed by atoms with Crippen LogP contribution in [0.2, 0.25) is 0 Å². The van der Waals surface area contributed by atoms with Crippen LogP contribution in [0.1, 0.15) is 23.7 Å². The number of pyridine rings is 1. The summed E-state index contributed by atoms with van der Waals surface area (Å²) in [7, 11) is 0. The molecule has 84 valence electrons. The van der Waals surface area contributed by atoms with Crippen molar-refractivity contribution in [2.45, 2.75) is 32.9 Å². The highest BCUT2D eigenvalue weighted by Gasteiger charge is 2.29. The number of aryl methyl sites for hydroxylation is 2. The normalized spacial score (nSPS) is 11.8. The number of hydrogen-bond donors (Lipinski definition) is 1. The minimum absolute atomic E-state index is 0.249. The van der Waals surface area contributed by atoms with Gasteiger partial charge in [-0.15, -0.1) is 0 Å². The molecule has 2 nitrogen and oxygen atoms in total. The van der Waals surface area contributed by atoms with Gasteiger partial charge in [-0.1, -0.05) is 6.92 Å². The van der Waals surface area contributed by atoms with Crippen molar-refractivity contribution < 1.29 is 13.2 Å². The van der Waals surface area contributed by atoms with Crippen molar-refractivity contribution in [3.05, 3.63) is 22.9 Å². The zero-order valence-electron chi connectivity index (χ0n) is 8.65. The van der Waals surface area contributed by atoms with Crippen molar-refractivity contribution in [1.82, 2.24) is 4.98 Å². The Morgan fingerprint density at radius 2 is 2.00 bits per heavy atom. The van der Waals surface area contributed by atoms with Crippen LogP contribution in [-0.2, 0) is 12.8 Å². The van der Waals surface area contributed by atoms with Gasteiger partial charge in [-0.25, -0.2) is 4.98 Å². The van der Waals surface area contributed by atoms with E-state index in [1.54, 1.807) is 13.8 Å². The van der Waals surface area contributed by atoms with E-state index < -0.39 is 12.6 Å². The van der Waals surface area contributed by atoms with Crippen molar-refractivity contribution >= 4 is 5.82 Å². The van der Waals surface area contributed by atoms with Gasteiger partial charge in [0.1, 0.15) is 5.82 Å². The van der Waals surface area contributed by atoms with Crippen LogP contribution in [-0.4, -0.2) is 11.2 Å².